The lowest BCUT2D eigenvalue weighted by molar-refractivity contribution is -0.146. The van der Waals surface area contributed by atoms with Crippen LogP contribution in [0, 0.1) is 5.92 Å². The third-order valence-electron chi connectivity index (χ3n) is 4.57. The van der Waals surface area contributed by atoms with Crippen LogP contribution >= 0.6 is 0 Å². The number of esters is 1. The van der Waals surface area contributed by atoms with Crippen molar-refractivity contribution in [3.63, 3.8) is 0 Å². The zero-order valence-electron chi connectivity index (χ0n) is 13.6. The summed E-state index contributed by atoms with van der Waals surface area (Å²) in [6.07, 6.45) is 6.90. The first-order chi connectivity index (χ1) is 10.7. The minimum Gasteiger partial charge on any atom is -0.465 e. The minimum atomic E-state index is -0.680. The quantitative estimate of drug-likeness (QED) is 0.441. The van der Waals surface area contributed by atoms with Gasteiger partial charge in [-0.05, 0) is 37.7 Å². The molecule has 1 unspecified atom stereocenters. The molecule has 120 valence electrons. The van der Waals surface area contributed by atoms with Crippen LogP contribution in [0.5, 0.6) is 0 Å². The lowest BCUT2D eigenvalue weighted by Gasteiger charge is -2.22. The predicted octanol–water partition coefficient (Wildman–Crippen LogP) is 4.51. The second kappa shape index (κ2) is 8.11. The third-order valence-corrected chi connectivity index (χ3v) is 4.57. The molecule has 0 heterocycles. The van der Waals surface area contributed by atoms with Gasteiger partial charge in [0.15, 0.2) is 5.78 Å². The predicted molar refractivity (Wildman–Crippen MR) is 87.0 cm³/mol. The monoisotopic (exact) mass is 302 g/mol. The zero-order valence-corrected chi connectivity index (χ0v) is 13.6. The average molecular weight is 302 g/mol. The fourth-order valence-corrected chi connectivity index (χ4v) is 3.26. The molecule has 0 N–H and O–H groups in total. The van der Waals surface area contributed by atoms with Crippen molar-refractivity contribution in [3.05, 3.63) is 35.4 Å². The molecule has 1 aliphatic rings. The van der Waals surface area contributed by atoms with E-state index in [2.05, 4.69) is 12.1 Å². The lowest BCUT2D eigenvalue weighted by Crippen LogP contribution is -2.25. The molecule has 3 nitrogen and oxygen atoms in total. The van der Waals surface area contributed by atoms with E-state index in [9.17, 15) is 9.59 Å². The Morgan fingerprint density at radius 1 is 1.09 bits per heavy atom. The van der Waals surface area contributed by atoms with Crippen LogP contribution in [0.25, 0.3) is 0 Å². The van der Waals surface area contributed by atoms with Crippen LogP contribution < -0.4 is 0 Å². The highest BCUT2D eigenvalue weighted by Gasteiger charge is 2.27. The minimum absolute atomic E-state index is 0.129. The molecule has 1 aromatic carbocycles. The molecular weight excluding hydrogens is 276 g/mol. The van der Waals surface area contributed by atoms with Gasteiger partial charge in [0.2, 0.25) is 0 Å². The van der Waals surface area contributed by atoms with Crippen molar-refractivity contribution < 1.29 is 14.3 Å². The van der Waals surface area contributed by atoms with Gasteiger partial charge in [-0.15, -0.1) is 0 Å². The first-order valence-corrected chi connectivity index (χ1v) is 8.48. The van der Waals surface area contributed by atoms with Crippen LogP contribution in [0.15, 0.2) is 24.3 Å². The summed E-state index contributed by atoms with van der Waals surface area (Å²) in [4.78, 5) is 24.3. The van der Waals surface area contributed by atoms with Crippen molar-refractivity contribution in [3.8, 4) is 0 Å². The molecule has 1 aliphatic carbocycles. The van der Waals surface area contributed by atoms with Crippen molar-refractivity contribution in [2.75, 3.05) is 6.61 Å². The number of hydrogen-bond donors (Lipinski definition) is 0. The summed E-state index contributed by atoms with van der Waals surface area (Å²) in [6.45, 7) is 3.91. The third kappa shape index (κ3) is 3.96. The number of benzene rings is 1. The molecule has 0 radical (unpaired) electrons. The fourth-order valence-electron chi connectivity index (χ4n) is 3.26. The van der Waals surface area contributed by atoms with Gasteiger partial charge in [-0.3, -0.25) is 9.59 Å². The Morgan fingerprint density at radius 2 is 1.73 bits per heavy atom. The molecule has 0 aromatic heterocycles. The van der Waals surface area contributed by atoms with E-state index < -0.39 is 11.9 Å². The van der Waals surface area contributed by atoms with E-state index >= 15 is 0 Å². The van der Waals surface area contributed by atoms with E-state index in [-0.39, 0.29) is 5.78 Å². The maximum Gasteiger partial charge on any atom is 0.316 e. The van der Waals surface area contributed by atoms with Crippen LogP contribution in [0.3, 0.4) is 0 Å². The van der Waals surface area contributed by atoms with Gasteiger partial charge in [-0.25, -0.2) is 0 Å². The van der Waals surface area contributed by atoms with Crippen LogP contribution in [-0.4, -0.2) is 18.4 Å². The van der Waals surface area contributed by atoms with Crippen molar-refractivity contribution in [2.45, 2.75) is 58.3 Å². The van der Waals surface area contributed by atoms with Gasteiger partial charge in [0.25, 0.3) is 0 Å². The number of Topliss-reactive ketones (excluding diaryl/α,β-unsaturated/α-hetero) is 1. The van der Waals surface area contributed by atoms with Gasteiger partial charge in [0.05, 0.1) is 6.61 Å². The van der Waals surface area contributed by atoms with Gasteiger partial charge in [0.1, 0.15) is 5.92 Å². The molecule has 0 bridgehead atoms. The lowest BCUT2D eigenvalue weighted by atomic mass is 9.83. The molecule has 0 saturated heterocycles. The Balaban J connectivity index is 2.08. The van der Waals surface area contributed by atoms with Gasteiger partial charge in [0, 0.05) is 5.56 Å². The molecule has 0 amide bonds. The molecule has 2 rings (SSSR count). The molecule has 0 spiro atoms. The highest BCUT2D eigenvalue weighted by molar-refractivity contribution is 6.08. The maximum atomic E-state index is 12.5. The van der Waals surface area contributed by atoms with Crippen LogP contribution in [0.4, 0.5) is 0 Å². The van der Waals surface area contributed by atoms with Crippen molar-refractivity contribution in [1.29, 1.82) is 0 Å². The molecule has 22 heavy (non-hydrogen) atoms. The fraction of sp³-hybridized carbons (Fsp3) is 0.579. The molecule has 1 atom stereocenters. The van der Waals surface area contributed by atoms with Crippen LogP contribution in [0.2, 0.25) is 0 Å². The molecule has 1 fully saturated rings. The second-order valence-electron chi connectivity index (χ2n) is 6.03. The largest absolute Gasteiger partial charge is 0.465 e. The van der Waals surface area contributed by atoms with Crippen molar-refractivity contribution in [1.82, 2.24) is 0 Å². The Bertz CT molecular complexity index is 498. The second-order valence-corrected chi connectivity index (χ2v) is 6.03. The number of rotatable bonds is 6. The molecule has 0 aliphatic heterocycles. The molecular formula is C19H26O3. The number of ketones is 1. The first kappa shape index (κ1) is 16.7. The van der Waals surface area contributed by atoms with E-state index in [4.69, 9.17) is 4.74 Å². The van der Waals surface area contributed by atoms with Gasteiger partial charge >= 0.3 is 5.97 Å². The topological polar surface area (TPSA) is 43.4 Å². The maximum absolute atomic E-state index is 12.5. The summed E-state index contributed by atoms with van der Waals surface area (Å²) in [6, 6.07) is 7.85. The van der Waals surface area contributed by atoms with Crippen molar-refractivity contribution >= 4 is 11.8 Å². The molecule has 3 heteroatoms. The number of ether oxygens (including phenoxy) is 1. The summed E-state index contributed by atoms with van der Waals surface area (Å²) < 4.78 is 5.00. The average Bonchev–Trinajstić information content (AvgIpc) is 2.56. The number of carbonyl (C=O) groups excluding carboxylic acids is 2. The Morgan fingerprint density at radius 3 is 2.27 bits per heavy atom. The first-order valence-electron chi connectivity index (χ1n) is 8.48. The van der Waals surface area contributed by atoms with E-state index in [1.807, 2.05) is 19.1 Å². The van der Waals surface area contributed by atoms with Crippen LogP contribution in [0.1, 0.15) is 74.2 Å². The van der Waals surface area contributed by atoms with E-state index in [1.165, 1.54) is 37.7 Å². The van der Waals surface area contributed by atoms with Gasteiger partial charge < -0.3 is 4.74 Å². The Labute approximate surface area is 133 Å². The summed E-state index contributed by atoms with van der Waals surface area (Å²) in [5, 5.41) is 0. The molecule has 1 saturated carbocycles. The van der Waals surface area contributed by atoms with Gasteiger partial charge in [-0.1, -0.05) is 50.5 Å². The Hall–Kier alpha value is -1.64. The SMILES string of the molecule is CCOC(=O)C(CC)C(=O)c1ccc(C2CCCCC2)cc1. The zero-order chi connectivity index (χ0) is 15.9. The van der Waals surface area contributed by atoms with Crippen molar-refractivity contribution in [2.24, 2.45) is 5.92 Å². The summed E-state index contributed by atoms with van der Waals surface area (Å²) >= 11 is 0. The highest BCUT2D eigenvalue weighted by Crippen LogP contribution is 2.32. The normalized spacial score (nSPS) is 17.0. The smallest absolute Gasteiger partial charge is 0.316 e. The molecule has 1 aromatic rings. The number of carbonyl (C=O) groups is 2. The summed E-state index contributed by atoms with van der Waals surface area (Å²) in [5.41, 5.74) is 1.93. The van der Waals surface area contributed by atoms with E-state index in [0.29, 0.717) is 24.5 Å². The summed E-state index contributed by atoms with van der Waals surface area (Å²) in [7, 11) is 0. The Kier molecular flexibility index (Phi) is 6.17. The van der Waals surface area contributed by atoms with E-state index in [0.717, 1.165) is 0 Å². The summed E-state index contributed by atoms with van der Waals surface area (Å²) in [5.74, 6) is -0.590. The highest BCUT2D eigenvalue weighted by atomic mass is 16.5. The van der Waals surface area contributed by atoms with E-state index in [1.54, 1.807) is 6.92 Å². The van der Waals surface area contributed by atoms with Crippen LogP contribution in [-0.2, 0) is 9.53 Å². The van der Waals surface area contributed by atoms with Gasteiger partial charge in [-0.2, -0.15) is 0 Å². The number of hydrogen-bond acceptors (Lipinski definition) is 3. The standard InChI is InChI=1S/C19H26O3/c1-3-17(19(21)22-4-2)18(20)16-12-10-15(11-13-16)14-8-6-5-7-9-14/h10-14,17H,3-9H2,1-2H3.